The van der Waals surface area contributed by atoms with E-state index in [4.69, 9.17) is 14.5 Å². The number of carbonyl (C=O) groups is 3. The molecule has 1 amide bonds. The van der Waals surface area contributed by atoms with Crippen molar-refractivity contribution in [2.45, 2.75) is 32.9 Å². The van der Waals surface area contributed by atoms with E-state index >= 15 is 0 Å². The zero-order valence-corrected chi connectivity index (χ0v) is 19.5. The molecule has 2 aromatic carbocycles. The summed E-state index contributed by atoms with van der Waals surface area (Å²) in [6.07, 6.45) is -0.346. The molecule has 0 saturated carbocycles. The third-order valence-electron chi connectivity index (χ3n) is 6.02. The van der Waals surface area contributed by atoms with Crippen LogP contribution in [-0.2, 0) is 27.2 Å². The van der Waals surface area contributed by atoms with Crippen molar-refractivity contribution in [3.05, 3.63) is 70.9 Å². The molecule has 0 bridgehead atoms. The van der Waals surface area contributed by atoms with Crippen LogP contribution in [0, 0.1) is 0 Å². The summed E-state index contributed by atoms with van der Waals surface area (Å²) in [5, 5.41) is 3.36. The minimum Gasteiger partial charge on any atom is -0.465 e. The third kappa shape index (κ3) is 4.63. The van der Waals surface area contributed by atoms with Crippen LogP contribution in [0.5, 0.6) is 0 Å². The highest BCUT2D eigenvalue weighted by molar-refractivity contribution is 6.07. The highest BCUT2D eigenvalue weighted by Gasteiger charge is 2.28. The van der Waals surface area contributed by atoms with Crippen LogP contribution in [0.3, 0.4) is 0 Å². The van der Waals surface area contributed by atoms with Crippen LogP contribution < -0.4 is 5.32 Å². The highest BCUT2D eigenvalue weighted by atomic mass is 16.5. The maximum absolute atomic E-state index is 13.4. The average Bonchev–Trinajstić information content (AvgIpc) is 2.86. The number of para-hydroxylation sites is 2. The lowest BCUT2D eigenvalue weighted by Crippen LogP contribution is -2.34. The molecule has 176 valence electrons. The molecule has 0 fully saturated rings. The number of anilines is 1. The standard InChI is InChI=1S/C26H27N3O5/c1-4-29-14-13-22-19(15-29)23(17-9-5-7-11-20(17)27-22)26(32)34-16(2)24(30)28-21-12-8-6-10-18(21)25(31)33-3/h5-12,16H,4,13-15H2,1-3H3,(H,28,30). The Kier molecular flexibility index (Phi) is 6.88. The first-order valence-corrected chi connectivity index (χ1v) is 11.2. The molecule has 2 heterocycles. The first-order valence-electron chi connectivity index (χ1n) is 11.2. The number of likely N-dealkylation sites (N-methyl/N-ethyl adjacent to an activating group) is 1. The zero-order chi connectivity index (χ0) is 24.2. The van der Waals surface area contributed by atoms with Crippen LogP contribution in [0.2, 0.25) is 0 Å². The van der Waals surface area contributed by atoms with Crippen molar-refractivity contribution in [3.63, 3.8) is 0 Å². The summed E-state index contributed by atoms with van der Waals surface area (Å²) < 4.78 is 10.4. The Bertz CT molecular complexity index is 1260. The molecule has 1 unspecified atom stereocenters. The fourth-order valence-electron chi connectivity index (χ4n) is 4.14. The monoisotopic (exact) mass is 461 g/mol. The van der Waals surface area contributed by atoms with Gasteiger partial charge in [0, 0.05) is 36.2 Å². The summed E-state index contributed by atoms with van der Waals surface area (Å²) in [6, 6.07) is 14.0. The highest BCUT2D eigenvalue weighted by Crippen LogP contribution is 2.29. The lowest BCUT2D eigenvalue weighted by molar-refractivity contribution is -0.123. The number of aromatic nitrogens is 1. The smallest absolute Gasteiger partial charge is 0.339 e. The summed E-state index contributed by atoms with van der Waals surface area (Å²) in [7, 11) is 1.27. The van der Waals surface area contributed by atoms with Gasteiger partial charge in [-0.3, -0.25) is 14.7 Å². The molecule has 1 aliphatic heterocycles. The van der Waals surface area contributed by atoms with Gasteiger partial charge in [-0.1, -0.05) is 37.3 Å². The number of hydrogen-bond acceptors (Lipinski definition) is 7. The Morgan fingerprint density at radius 2 is 1.82 bits per heavy atom. The van der Waals surface area contributed by atoms with Crippen molar-refractivity contribution in [1.29, 1.82) is 0 Å². The van der Waals surface area contributed by atoms with Gasteiger partial charge < -0.3 is 14.8 Å². The van der Waals surface area contributed by atoms with Gasteiger partial charge >= 0.3 is 11.9 Å². The number of amides is 1. The summed E-state index contributed by atoms with van der Waals surface area (Å²) in [6.45, 7) is 5.92. The normalized spacial score (nSPS) is 14.2. The minimum absolute atomic E-state index is 0.214. The number of ether oxygens (including phenoxy) is 2. The van der Waals surface area contributed by atoms with Crippen molar-refractivity contribution >= 4 is 34.4 Å². The van der Waals surface area contributed by atoms with E-state index in [1.54, 1.807) is 24.3 Å². The van der Waals surface area contributed by atoms with Gasteiger partial charge in [-0.15, -0.1) is 0 Å². The third-order valence-corrected chi connectivity index (χ3v) is 6.02. The maximum atomic E-state index is 13.4. The van der Waals surface area contributed by atoms with Crippen LogP contribution in [0.25, 0.3) is 10.9 Å². The van der Waals surface area contributed by atoms with Gasteiger partial charge in [0.25, 0.3) is 5.91 Å². The van der Waals surface area contributed by atoms with Crippen LogP contribution in [-0.4, -0.2) is 54.0 Å². The fourth-order valence-corrected chi connectivity index (χ4v) is 4.14. The van der Waals surface area contributed by atoms with E-state index in [1.807, 2.05) is 24.3 Å². The second kappa shape index (κ2) is 10.0. The molecule has 1 aliphatic rings. The van der Waals surface area contributed by atoms with Gasteiger partial charge in [-0.2, -0.15) is 0 Å². The molecule has 4 rings (SSSR count). The Balaban J connectivity index is 1.60. The lowest BCUT2D eigenvalue weighted by atomic mass is 9.95. The van der Waals surface area contributed by atoms with E-state index in [-0.39, 0.29) is 11.3 Å². The Hall–Kier alpha value is -3.78. The number of fused-ring (bicyclic) bond motifs is 2. The molecule has 0 aliphatic carbocycles. The Labute approximate surface area is 197 Å². The number of methoxy groups -OCH3 is 1. The average molecular weight is 462 g/mol. The number of nitrogens with zero attached hydrogens (tertiary/aromatic N) is 2. The molecule has 1 atom stereocenters. The molecule has 0 radical (unpaired) electrons. The van der Waals surface area contributed by atoms with Gasteiger partial charge in [0.15, 0.2) is 6.10 Å². The predicted molar refractivity (Wildman–Crippen MR) is 128 cm³/mol. The van der Waals surface area contributed by atoms with E-state index in [1.165, 1.54) is 14.0 Å². The van der Waals surface area contributed by atoms with Crippen LogP contribution in [0.1, 0.15) is 45.8 Å². The van der Waals surface area contributed by atoms with E-state index in [9.17, 15) is 14.4 Å². The second-order valence-corrected chi connectivity index (χ2v) is 8.12. The predicted octanol–water partition coefficient (Wildman–Crippen LogP) is 3.58. The number of carbonyl (C=O) groups excluding carboxylic acids is 3. The molecule has 0 spiro atoms. The molecular weight excluding hydrogens is 434 g/mol. The van der Waals surface area contributed by atoms with Crippen LogP contribution >= 0.6 is 0 Å². The van der Waals surface area contributed by atoms with Crippen LogP contribution in [0.15, 0.2) is 48.5 Å². The van der Waals surface area contributed by atoms with Crippen molar-refractivity contribution in [2.24, 2.45) is 0 Å². The van der Waals surface area contributed by atoms with Gasteiger partial charge in [-0.25, -0.2) is 9.59 Å². The van der Waals surface area contributed by atoms with E-state index < -0.39 is 23.9 Å². The fraction of sp³-hybridized carbons (Fsp3) is 0.308. The molecular formula is C26H27N3O5. The molecule has 1 aromatic heterocycles. The molecule has 8 nitrogen and oxygen atoms in total. The first-order chi connectivity index (χ1) is 16.4. The van der Waals surface area contributed by atoms with E-state index in [0.29, 0.717) is 17.5 Å². The Morgan fingerprint density at radius 1 is 1.09 bits per heavy atom. The van der Waals surface area contributed by atoms with Crippen molar-refractivity contribution in [1.82, 2.24) is 9.88 Å². The van der Waals surface area contributed by atoms with Crippen LogP contribution in [0.4, 0.5) is 5.69 Å². The first kappa shape index (κ1) is 23.4. The van der Waals surface area contributed by atoms with Gasteiger partial charge in [0.2, 0.25) is 0 Å². The number of rotatable bonds is 6. The number of nitrogens with one attached hydrogen (secondary N) is 1. The second-order valence-electron chi connectivity index (χ2n) is 8.12. The summed E-state index contributed by atoms with van der Waals surface area (Å²) in [5.74, 6) is -1.69. The molecule has 0 saturated heterocycles. The van der Waals surface area contributed by atoms with Crippen molar-refractivity contribution in [3.8, 4) is 0 Å². The number of benzene rings is 2. The minimum atomic E-state index is -1.09. The number of hydrogen-bond donors (Lipinski definition) is 1. The summed E-state index contributed by atoms with van der Waals surface area (Å²) >= 11 is 0. The molecule has 8 heteroatoms. The number of esters is 2. The van der Waals surface area contributed by atoms with Crippen molar-refractivity contribution in [2.75, 3.05) is 25.5 Å². The maximum Gasteiger partial charge on any atom is 0.339 e. The van der Waals surface area contributed by atoms with Gasteiger partial charge in [-0.05, 0) is 31.7 Å². The SMILES string of the molecule is CCN1CCc2nc3ccccc3c(C(=O)OC(C)C(=O)Nc3ccccc3C(=O)OC)c2C1. The zero-order valence-electron chi connectivity index (χ0n) is 19.5. The summed E-state index contributed by atoms with van der Waals surface area (Å²) in [5.41, 5.74) is 3.41. The lowest BCUT2D eigenvalue weighted by Gasteiger charge is -2.29. The molecule has 34 heavy (non-hydrogen) atoms. The van der Waals surface area contributed by atoms with E-state index in [2.05, 4.69) is 17.1 Å². The largest absolute Gasteiger partial charge is 0.465 e. The Morgan fingerprint density at radius 3 is 2.59 bits per heavy atom. The van der Waals surface area contributed by atoms with Crippen molar-refractivity contribution < 1.29 is 23.9 Å². The van der Waals surface area contributed by atoms with E-state index in [0.717, 1.165) is 36.3 Å². The van der Waals surface area contributed by atoms with Gasteiger partial charge in [0.05, 0.1) is 29.4 Å². The summed E-state index contributed by atoms with van der Waals surface area (Å²) in [4.78, 5) is 45.2. The quantitative estimate of drug-likeness (QED) is 0.560. The van der Waals surface area contributed by atoms with Gasteiger partial charge in [0.1, 0.15) is 0 Å². The molecule has 3 aromatic rings. The topological polar surface area (TPSA) is 97.8 Å². The number of pyridine rings is 1. The molecule has 1 N–H and O–H groups in total.